The Morgan fingerprint density at radius 2 is 2.14 bits per heavy atom. The molecule has 1 aromatic rings. The normalized spacial score (nSPS) is 10.8. The third-order valence-corrected chi connectivity index (χ3v) is 2.13. The molecule has 1 N–H and O–H groups in total. The summed E-state index contributed by atoms with van der Waals surface area (Å²) in [6.45, 7) is 7.87. The summed E-state index contributed by atoms with van der Waals surface area (Å²) in [5.41, 5.74) is 4.41. The molecule has 0 aliphatic rings. The Labute approximate surface area is 85.4 Å². The highest BCUT2D eigenvalue weighted by Gasteiger charge is 1.93. The zero-order valence-corrected chi connectivity index (χ0v) is 8.75. The van der Waals surface area contributed by atoms with Gasteiger partial charge in [-0.3, -0.25) is 0 Å². The third kappa shape index (κ3) is 2.86. The molecule has 0 saturated heterocycles. The van der Waals surface area contributed by atoms with Crippen molar-refractivity contribution in [2.75, 3.05) is 6.61 Å². The summed E-state index contributed by atoms with van der Waals surface area (Å²) in [4.78, 5) is 0. The van der Waals surface area contributed by atoms with Gasteiger partial charge in [0.1, 0.15) is 0 Å². The summed E-state index contributed by atoms with van der Waals surface area (Å²) in [5.74, 6) is 0. The van der Waals surface area contributed by atoms with Crippen LogP contribution in [0.3, 0.4) is 0 Å². The standard InChI is InChI=1S/C13H16O/c1-10-4-6-13(12(3)8-10)7-5-11(2)9-14/h4-8,14H,2,9H2,1,3H3/b7-5-. The summed E-state index contributed by atoms with van der Waals surface area (Å²) >= 11 is 0. The number of hydrogen-bond donors (Lipinski definition) is 1. The number of benzene rings is 1. The van der Waals surface area contributed by atoms with Crippen molar-refractivity contribution in [1.82, 2.24) is 0 Å². The van der Waals surface area contributed by atoms with Crippen molar-refractivity contribution in [1.29, 1.82) is 0 Å². The first-order valence-electron chi connectivity index (χ1n) is 4.67. The van der Waals surface area contributed by atoms with E-state index in [1.54, 1.807) is 0 Å². The van der Waals surface area contributed by atoms with Crippen LogP contribution >= 0.6 is 0 Å². The molecule has 0 radical (unpaired) electrons. The maximum atomic E-state index is 8.78. The Morgan fingerprint density at radius 3 is 2.71 bits per heavy atom. The number of hydrogen-bond acceptors (Lipinski definition) is 1. The largest absolute Gasteiger partial charge is 0.392 e. The van der Waals surface area contributed by atoms with E-state index in [0.29, 0.717) is 0 Å². The second-order valence-electron chi connectivity index (χ2n) is 3.51. The molecular weight excluding hydrogens is 172 g/mol. The first-order valence-corrected chi connectivity index (χ1v) is 4.67. The second kappa shape index (κ2) is 4.77. The van der Waals surface area contributed by atoms with E-state index < -0.39 is 0 Å². The Balaban J connectivity index is 2.87. The quantitative estimate of drug-likeness (QED) is 0.723. The fourth-order valence-corrected chi connectivity index (χ4v) is 1.27. The molecule has 0 heterocycles. The molecule has 1 rings (SSSR count). The molecule has 0 fully saturated rings. The molecular formula is C13H16O. The van der Waals surface area contributed by atoms with Gasteiger partial charge >= 0.3 is 0 Å². The van der Waals surface area contributed by atoms with E-state index >= 15 is 0 Å². The molecule has 0 saturated carbocycles. The maximum Gasteiger partial charge on any atom is 0.0676 e. The van der Waals surface area contributed by atoms with Gasteiger partial charge in [0.15, 0.2) is 0 Å². The van der Waals surface area contributed by atoms with Crippen LogP contribution < -0.4 is 0 Å². The molecule has 0 atom stereocenters. The smallest absolute Gasteiger partial charge is 0.0676 e. The molecule has 0 unspecified atom stereocenters. The lowest BCUT2D eigenvalue weighted by atomic mass is 10.0. The van der Waals surface area contributed by atoms with Gasteiger partial charge in [0.05, 0.1) is 6.61 Å². The SMILES string of the molecule is C=C(/C=C\c1ccc(C)cc1C)CO. The van der Waals surface area contributed by atoms with Crippen LogP contribution in [0.2, 0.25) is 0 Å². The molecule has 0 aliphatic carbocycles. The second-order valence-corrected chi connectivity index (χ2v) is 3.51. The minimum atomic E-state index is 0.0153. The molecule has 1 heteroatoms. The Bertz CT molecular complexity index is 361. The molecule has 0 spiro atoms. The van der Waals surface area contributed by atoms with Crippen LogP contribution in [0.5, 0.6) is 0 Å². The lowest BCUT2D eigenvalue weighted by molar-refractivity contribution is 0.335. The van der Waals surface area contributed by atoms with Gasteiger partial charge in [-0.1, -0.05) is 42.5 Å². The van der Waals surface area contributed by atoms with Gasteiger partial charge in [0.2, 0.25) is 0 Å². The van der Waals surface area contributed by atoms with Crippen LogP contribution in [-0.4, -0.2) is 11.7 Å². The van der Waals surface area contributed by atoms with Crippen LogP contribution in [0.15, 0.2) is 36.4 Å². The lowest BCUT2D eigenvalue weighted by Crippen LogP contribution is -1.84. The van der Waals surface area contributed by atoms with Gasteiger partial charge in [-0.05, 0) is 30.5 Å². The number of aryl methyl sites for hydroxylation is 2. The molecule has 0 aromatic heterocycles. The molecule has 0 bridgehead atoms. The van der Waals surface area contributed by atoms with Crippen molar-refractivity contribution in [3.8, 4) is 0 Å². The molecule has 1 nitrogen and oxygen atoms in total. The van der Waals surface area contributed by atoms with Crippen LogP contribution in [-0.2, 0) is 0 Å². The summed E-state index contributed by atoms with van der Waals surface area (Å²) in [6, 6.07) is 6.29. The van der Waals surface area contributed by atoms with Crippen molar-refractivity contribution in [2.24, 2.45) is 0 Å². The van der Waals surface area contributed by atoms with Gasteiger partial charge in [-0.15, -0.1) is 0 Å². The molecule has 0 aliphatic heterocycles. The highest BCUT2D eigenvalue weighted by molar-refractivity contribution is 5.56. The van der Waals surface area contributed by atoms with Crippen LogP contribution in [0.1, 0.15) is 16.7 Å². The molecule has 1 aromatic carbocycles. The van der Waals surface area contributed by atoms with Crippen LogP contribution in [0.25, 0.3) is 6.08 Å². The number of aliphatic hydroxyl groups is 1. The van der Waals surface area contributed by atoms with E-state index in [4.69, 9.17) is 5.11 Å². The highest BCUT2D eigenvalue weighted by Crippen LogP contribution is 2.12. The molecule has 74 valence electrons. The Morgan fingerprint density at radius 1 is 1.43 bits per heavy atom. The zero-order valence-electron chi connectivity index (χ0n) is 8.75. The van der Waals surface area contributed by atoms with Crippen molar-refractivity contribution in [3.63, 3.8) is 0 Å². The van der Waals surface area contributed by atoms with Gasteiger partial charge in [0, 0.05) is 0 Å². The van der Waals surface area contributed by atoms with E-state index in [1.165, 1.54) is 16.7 Å². The zero-order chi connectivity index (χ0) is 10.6. The minimum absolute atomic E-state index is 0.0153. The van der Waals surface area contributed by atoms with Crippen molar-refractivity contribution >= 4 is 6.08 Å². The van der Waals surface area contributed by atoms with Gasteiger partial charge < -0.3 is 5.11 Å². The first-order chi connectivity index (χ1) is 6.63. The predicted octanol–water partition coefficient (Wildman–Crippen LogP) is 2.87. The monoisotopic (exact) mass is 188 g/mol. The lowest BCUT2D eigenvalue weighted by Gasteiger charge is -2.01. The van der Waals surface area contributed by atoms with Gasteiger partial charge in [0.25, 0.3) is 0 Å². The van der Waals surface area contributed by atoms with E-state index in [9.17, 15) is 0 Å². The number of aliphatic hydroxyl groups excluding tert-OH is 1. The van der Waals surface area contributed by atoms with E-state index in [2.05, 4.69) is 38.6 Å². The Kier molecular flexibility index (Phi) is 3.66. The van der Waals surface area contributed by atoms with Gasteiger partial charge in [-0.2, -0.15) is 0 Å². The summed E-state index contributed by atoms with van der Waals surface area (Å²) in [6.07, 6.45) is 3.82. The predicted molar refractivity (Wildman–Crippen MR) is 61.2 cm³/mol. The number of rotatable bonds is 3. The molecule has 0 amide bonds. The first kappa shape index (κ1) is 10.7. The van der Waals surface area contributed by atoms with Crippen LogP contribution in [0.4, 0.5) is 0 Å². The van der Waals surface area contributed by atoms with E-state index in [1.807, 2.05) is 12.2 Å². The molecule has 14 heavy (non-hydrogen) atoms. The Hall–Kier alpha value is -1.34. The summed E-state index contributed by atoms with van der Waals surface area (Å²) in [5, 5.41) is 8.78. The van der Waals surface area contributed by atoms with Crippen molar-refractivity contribution < 1.29 is 5.11 Å². The topological polar surface area (TPSA) is 20.2 Å². The average Bonchev–Trinajstić information content (AvgIpc) is 2.16. The van der Waals surface area contributed by atoms with Crippen molar-refractivity contribution in [2.45, 2.75) is 13.8 Å². The van der Waals surface area contributed by atoms with Crippen molar-refractivity contribution in [3.05, 3.63) is 53.1 Å². The van der Waals surface area contributed by atoms with Crippen LogP contribution in [0, 0.1) is 13.8 Å². The fraction of sp³-hybridized carbons (Fsp3) is 0.231. The minimum Gasteiger partial charge on any atom is -0.392 e. The maximum absolute atomic E-state index is 8.78. The average molecular weight is 188 g/mol. The van der Waals surface area contributed by atoms with E-state index in [-0.39, 0.29) is 6.61 Å². The third-order valence-electron chi connectivity index (χ3n) is 2.13. The highest BCUT2D eigenvalue weighted by atomic mass is 16.3. The van der Waals surface area contributed by atoms with Gasteiger partial charge in [-0.25, -0.2) is 0 Å². The summed E-state index contributed by atoms with van der Waals surface area (Å²) < 4.78 is 0. The fourth-order valence-electron chi connectivity index (χ4n) is 1.27. The van der Waals surface area contributed by atoms with E-state index in [0.717, 1.165) is 5.57 Å². The summed E-state index contributed by atoms with van der Waals surface area (Å²) in [7, 11) is 0.